The Morgan fingerprint density at radius 3 is 2.59 bits per heavy atom. The van der Waals surface area contributed by atoms with Gasteiger partial charge in [-0.1, -0.05) is 37.8 Å². The second-order valence-corrected chi connectivity index (χ2v) is 5.89. The molecule has 2 N–H and O–H groups in total. The van der Waals surface area contributed by atoms with Crippen molar-refractivity contribution in [2.45, 2.75) is 51.5 Å². The van der Waals surface area contributed by atoms with E-state index in [-0.39, 0.29) is 22.7 Å². The van der Waals surface area contributed by atoms with Crippen molar-refractivity contribution in [3.8, 4) is 0 Å². The summed E-state index contributed by atoms with van der Waals surface area (Å²) in [4.78, 5) is 22.3. The lowest BCUT2D eigenvalue weighted by molar-refractivity contribution is -0.384. The first-order valence-corrected chi connectivity index (χ1v) is 7.93. The summed E-state index contributed by atoms with van der Waals surface area (Å²) in [6.45, 7) is 1.73. The molecule has 1 saturated carbocycles. The van der Waals surface area contributed by atoms with Crippen molar-refractivity contribution >= 4 is 34.6 Å². The zero-order valence-electron chi connectivity index (χ0n) is 12.5. The Hall–Kier alpha value is -1.82. The highest BCUT2D eigenvalue weighted by molar-refractivity contribution is 6.34. The topological polar surface area (TPSA) is 84.3 Å². The molecule has 0 aromatic heterocycles. The number of benzene rings is 1. The van der Waals surface area contributed by atoms with Crippen molar-refractivity contribution < 1.29 is 9.72 Å². The molecule has 1 amide bonds. The van der Waals surface area contributed by atoms with Gasteiger partial charge in [-0.25, -0.2) is 0 Å². The fourth-order valence-electron chi connectivity index (χ4n) is 2.63. The number of hydrogen-bond acceptors (Lipinski definition) is 4. The van der Waals surface area contributed by atoms with Crippen molar-refractivity contribution in [2.24, 2.45) is 0 Å². The van der Waals surface area contributed by atoms with Crippen LogP contribution in [0.3, 0.4) is 0 Å². The number of nitro benzene ring substituents is 1. The normalized spacial score (nSPS) is 15.4. The lowest BCUT2D eigenvalue weighted by Gasteiger charge is -2.24. The van der Waals surface area contributed by atoms with Crippen molar-refractivity contribution in [1.29, 1.82) is 0 Å². The molecular formula is C15H20ClN3O3. The maximum Gasteiger partial charge on any atom is 0.293 e. The lowest BCUT2D eigenvalue weighted by atomic mass is 9.95. The third kappa shape index (κ3) is 4.10. The maximum atomic E-state index is 11.5. The van der Waals surface area contributed by atoms with E-state index in [0.717, 1.165) is 25.7 Å². The van der Waals surface area contributed by atoms with Crippen LogP contribution < -0.4 is 10.6 Å². The zero-order chi connectivity index (χ0) is 16.1. The number of halogens is 1. The van der Waals surface area contributed by atoms with Crippen LogP contribution >= 0.6 is 11.6 Å². The van der Waals surface area contributed by atoms with Crippen molar-refractivity contribution in [1.82, 2.24) is 0 Å². The van der Waals surface area contributed by atoms with E-state index in [1.54, 1.807) is 13.0 Å². The number of nitro groups is 1. The van der Waals surface area contributed by atoms with Crippen LogP contribution in [0.5, 0.6) is 0 Å². The van der Waals surface area contributed by atoms with Crippen LogP contribution in [0.25, 0.3) is 0 Å². The number of amides is 1. The van der Waals surface area contributed by atoms with Gasteiger partial charge in [0.1, 0.15) is 5.69 Å². The van der Waals surface area contributed by atoms with Crippen molar-refractivity contribution in [2.75, 3.05) is 10.6 Å². The average molecular weight is 326 g/mol. The van der Waals surface area contributed by atoms with Gasteiger partial charge in [0.15, 0.2) is 0 Å². The number of hydrogen-bond donors (Lipinski definition) is 2. The molecular weight excluding hydrogens is 306 g/mol. The lowest BCUT2D eigenvalue weighted by Crippen LogP contribution is -2.23. The van der Waals surface area contributed by atoms with Crippen molar-refractivity contribution in [3.63, 3.8) is 0 Å². The van der Waals surface area contributed by atoms with E-state index < -0.39 is 4.92 Å². The van der Waals surface area contributed by atoms with E-state index in [1.165, 1.54) is 12.5 Å². The fourth-order valence-corrected chi connectivity index (χ4v) is 2.84. The second kappa shape index (κ2) is 7.45. The van der Waals surface area contributed by atoms with E-state index >= 15 is 0 Å². The zero-order valence-corrected chi connectivity index (χ0v) is 13.3. The summed E-state index contributed by atoms with van der Waals surface area (Å²) in [6.07, 6.45) is 5.77. The minimum atomic E-state index is -0.456. The van der Waals surface area contributed by atoms with E-state index in [0.29, 0.717) is 17.8 Å². The Kier molecular flexibility index (Phi) is 5.60. The van der Waals surface area contributed by atoms with Gasteiger partial charge in [0.25, 0.3) is 5.69 Å². The molecule has 0 spiro atoms. The van der Waals surface area contributed by atoms with Crippen LogP contribution in [0.1, 0.15) is 45.4 Å². The molecule has 120 valence electrons. The second-order valence-electron chi connectivity index (χ2n) is 5.49. The number of rotatable bonds is 5. The third-order valence-electron chi connectivity index (χ3n) is 3.84. The Labute approximate surface area is 134 Å². The smallest absolute Gasteiger partial charge is 0.293 e. The van der Waals surface area contributed by atoms with E-state index in [1.807, 2.05) is 0 Å². The van der Waals surface area contributed by atoms with Gasteiger partial charge in [-0.3, -0.25) is 14.9 Å². The molecule has 1 fully saturated rings. The summed E-state index contributed by atoms with van der Waals surface area (Å²) >= 11 is 6.04. The van der Waals surface area contributed by atoms with Crippen LogP contribution in [0.2, 0.25) is 5.02 Å². The maximum absolute atomic E-state index is 11.5. The Balaban J connectivity index is 2.28. The van der Waals surface area contributed by atoms with Gasteiger partial charge in [0.05, 0.1) is 15.6 Å². The highest BCUT2D eigenvalue weighted by Gasteiger charge is 2.22. The van der Waals surface area contributed by atoms with E-state index in [9.17, 15) is 14.9 Å². The first-order chi connectivity index (χ1) is 10.5. The molecule has 0 heterocycles. The summed E-state index contributed by atoms with van der Waals surface area (Å²) in [5.74, 6) is -0.181. The largest absolute Gasteiger partial charge is 0.377 e. The molecule has 1 aromatic carbocycles. The molecule has 1 aromatic rings. The van der Waals surface area contributed by atoms with E-state index in [4.69, 9.17) is 11.6 Å². The van der Waals surface area contributed by atoms with Crippen LogP contribution in [-0.4, -0.2) is 16.9 Å². The van der Waals surface area contributed by atoms with Gasteiger partial charge in [-0.05, 0) is 18.9 Å². The van der Waals surface area contributed by atoms with Crippen LogP contribution in [0.15, 0.2) is 12.1 Å². The summed E-state index contributed by atoms with van der Waals surface area (Å²) in [5, 5.41) is 17.3. The molecule has 0 bridgehead atoms. The quantitative estimate of drug-likeness (QED) is 0.623. The molecule has 0 aliphatic heterocycles. The summed E-state index contributed by atoms with van der Waals surface area (Å²) in [5.41, 5.74) is 0.746. The van der Waals surface area contributed by atoms with Crippen LogP contribution in [0.4, 0.5) is 17.1 Å². The van der Waals surface area contributed by atoms with Crippen molar-refractivity contribution in [3.05, 3.63) is 27.3 Å². The average Bonchev–Trinajstić information content (AvgIpc) is 2.50. The molecule has 2 rings (SSSR count). The van der Waals surface area contributed by atoms with Gasteiger partial charge in [0, 0.05) is 18.5 Å². The van der Waals surface area contributed by atoms with Gasteiger partial charge >= 0.3 is 0 Å². The van der Waals surface area contributed by atoms with Gasteiger partial charge in [-0.2, -0.15) is 0 Å². The molecule has 0 radical (unpaired) electrons. The predicted molar refractivity (Wildman–Crippen MR) is 87.5 cm³/mol. The van der Waals surface area contributed by atoms with E-state index in [2.05, 4.69) is 10.6 Å². The minimum absolute atomic E-state index is 0.0647. The van der Waals surface area contributed by atoms with Gasteiger partial charge < -0.3 is 10.6 Å². The molecule has 1 aliphatic carbocycles. The van der Waals surface area contributed by atoms with Crippen LogP contribution in [-0.2, 0) is 4.79 Å². The molecule has 6 nitrogen and oxygen atoms in total. The number of carbonyl (C=O) groups is 1. The first kappa shape index (κ1) is 16.5. The Bertz CT molecular complexity index is 571. The fraction of sp³-hybridized carbons (Fsp3) is 0.533. The third-order valence-corrected chi connectivity index (χ3v) is 4.15. The Morgan fingerprint density at radius 2 is 2.00 bits per heavy atom. The molecule has 7 heteroatoms. The number of anilines is 2. The SMILES string of the molecule is CCC(=O)Nc1cc(NC2CCCCC2)c([N+](=O)[O-])cc1Cl. The predicted octanol–water partition coefficient (Wildman–Crippen LogP) is 4.34. The molecule has 0 atom stereocenters. The number of nitrogens with one attached hydrogen (secondary N) is 2. The molecule has 0 saturated heterocycles. The Morgan fingerprint density at radius 1 is 1.32 bits per heavy atom. The molecule has 22 heavy (non-hydrogen) atoms. The number of nitrogens with zero attached hydrogens (tertiary/aromatic N) is 1. The summed E-state index contributed by atoms with van der Waals surface area (Å²) < 4.78 is 0. The standard InChI is InChI=1S/C15H20ClN3O3/c1-2-15(20)18-12-9-13(14(19(21)22)8-11(12)16)17-10-6-4-3-5-7-10/h8-10,17H,2-7H2,1H3,(H,18,20). The molecule has 0 unspecified atom stereocenters. The highest BCUT2D eigenvalue weighted by Crippen LogP contribution is 2.36. The van der Waals surface area contributed by atoms with Gasteiger partial charge in [0.2, 0.25) is 5.91 Å². The van der Waals surface area contributed by atoms with Crippen LogP contribution in [0, 0.1) is 10.1 Å². The monoisotopic (exact) mass is 325 g/mol. The highest BCUT2D eigenvalue weighted by atomic mass is 35.5. The minimum Gasteiger partial charge on any atom is -0.377 e. The number of carbonyl (C=O) groups excluding carboxylic acids is 1. The van der Waals surface area contributed by atoms with Gasteiger partial charge in [-0.15, -0.1) is 0 Å². The summed E-state index contributed by atoms with van der Waals surface area (Å²) in [6, 6.07) is 3.07. The molecule has 1 aliphatic rings. The first-order valence-electron chi connectivity index (χ1n) is 7.55. The summed E-state index contributed by atoms with van der Waals surface area (Å²) in [7, 11) is 0.